The zero-order valence-electron chi connectivity index (χ0n) is 29.0. The number of anilines is 2. The second-order valence-corrected chi connectivity index (χ2v) is 9.24. The summed E-state index contributed by atoms with van der Waals surface area (Å²) >= 11 is 0. The predicted molar refractivity (Wildman–Crippen MR) is 187 cm³/mol. The van der Waals surface area contributed by atoms with Gasteiger partial charge >= 0.3 is 0 Å². The van der Waals surface area contributed by atoms with Gasteiger partial charge < -0.3 is 20.1 Å². The van der Waals surface area contributed by atoms with Crippen molar-refractivity contribution in [1.82, 2.24) is 15.2 Å². The van der Waals surface area contributed by atoms with Crippen LogP contribution in [0.15, 0.2) is 67.0 Å². The van der Waals surface area contributed by atoms with E-state index in [4.69, 9.17) is 4.74 Å². The molecule has 1 aromatic heterocycles. The van der Waals surface area contributed by atoms with Crippen molar-refractivity contribution in [2.45, 2.75) is 61.5 Å². The molecule has 3 amide bonds. The van der Waals surface area contributed by atoms with Gasteiger partial charge in [-0.05, 0) is 42.5 Å². The zero-order chi connectivity index (χ0) is 34.6. The number of hydrogen-bond donors (Lipinski definition) is 2. The van der Waals surface area contributed by atoms with Crippen LogP contribution in [0.1, 0.15) is 86.5 Å². The Morgan fingerprint density at radius 1 is 0.870 bits per heavy atom. The first-order valence-corrected chi connectivity index (χ1v) is 16.5. The molecule has 10 nitrogen and oxygen atoms in total. The summed E-state index contributed by atoms with van der Waals surface area (Å²) in [5.74, 6) is -0.537. The highest BCUT2D eigenvalue weighted by molar-refractivity contribution is 6.34. The van der Waals surface area contributed by atoms with Crippen molar-refractivity contribution in [3.63, 3.8) is 0 Å². The molecule has 10 heteroatoms. The number of β-amino-alcohol motifs (C(OH)–C–C–N with tert-alkyl or cyclic N) is 1. The molecule has 46 heavy (non-hydrogen) atoms. The van der Waals surface area contributed by atoms with Gasteiger partial charge in [0.25, 0.3) is 17.7 Å². The van der Waals surface area contributed by atoms with Gasteiger partial charge in [0.2, 0.25) is 0 Å². The molecule has 2 aliphatic rings. The van der Waals surface area contributed by atoms with Crippen LogP contribution >= 0.6 is 0 Å². The van der Waals surface area contributed by atoms with Crippen molar-refractivity contribution < 1.29 is 24.2 Å². The number of pyridine rings is 1. The minimum atomic E-state index is -0.754. The molecule has 0 saturated carbocycles. The van der Waals surface area contributed by atoms with E-state index in [-0.39, 0.29) is 23.2 Å². The summed E-state index contributed by atoms with van der Waals surface area (Å²) in [7, 11) is 1.66. The lowest BCUT2D eigenvalue weighted by atomic mass is 10.1. The van der Waals surface area contributed by atoms with E-state index in [0.29, 0.717) is 12.2 Å². The second-order valence-electron chi connectivity index (χ2n) is 9.24. The van der Waals surface area contributed by atoms with Crippen LogP contribution in [0.5, 0.6) is 5.75 Å². The number of imide groups is 1. The Morgan fingerprint density at radius 3 is 2.11 bits per heavy atom. The zero-order valence-corrected chi connectivity index (χ0v) is 29.0. The lowest BCUT2D eigenvalue weighted by Gasteiger charge is -2.37. The van der Waals surface area contributed by atoms with Gasteiger partial charge in [0.15, 0.2) is 0 Å². The molecule has 3 heterocycles. The van der Waals surface area contributed by atoms with Gasteiger partial charge in [-0.25, -0.2) is 4.90 Å². The number of carbonyl (C=O) groups excluding carboxylic acids is 3. The molecule has 1 fully saturated rings. The largest absolute Gasteiger partial charge is 0.495 e. The maximum absolute atomic E-state index is 12.9. The van der Waals surface area contributed by atoms with E-state index in [9.17, 15) is 19.5 Å². The van der Waals surface area contributed by atoms with E-state index in [1.807, 2.05) is 79.7 Å². The molecule has 2 N–H and O–H groups in total. The van der Waals surface area contributed by atoms with Gasteiger partial charge in [-0.3, -0.25) is 24.3 Å². The maximum atomic E-state index is 12.9. The van der Waals surface area contributed by atoms with Crippen molar-refractivity contribution in [2.75, 3.05) is 56.2 Å². The van der Waals surface area contributed by atoms with Crippen molar-refractivity contribution in [3.8, 4) is 5.75 Å². The first-order valence-electron chi connectivity index (χ1n) is 16.5. The maximum Gasteiger partial charge on any atom is 0.266 e. The van der Waals surface area contributed by atoms with Crippen LogP contribution in [0.4, 0.5) is 11.4 Å². The second kappa shape index (κ2) is 21.5. The van der Waals surface area contributed by atoms with Crippen LogP contribution in [0.3, 0.4) is 0 Å². The third-order valence-electron chi connectivity index (χ3n) is 6.82. The van der Waals surface area contributed by atoms with Crippen LogP contribution in [-0.2, 0) is 0 Å². The van der Waals surface area contributed by atoms with Crippen molar-refractivity contribution in [2.24, 2.45) is 0 Å². The normalized spacial score (nSPS) is 14.0. The summed E-state index contributed by atoms with van der Waals surface area (Å²) in [6.45, 7) is 19.7. The lowest BCUT2D eigenvalue weighted by Crippen LogP contribution is -2.50. The van der Waals surface area contributed by atoms with Gasteiger partial charge in [0, 0.05) is 51.0 Å². The summed E-state index contributed by atoms with van der Waals surface area (Å²) in [6, 6.07) is 15.6. The fourth-order valence-electron chi connectivity index (χ4n) is 4.84. The van der Waals surface area contributed by atoms with E-state index >= 15 is 0 Å². The number of aliphatic hydroxyl groups is 1. The Hall–Kier alpha value is -4.28. The number of ether oxygens (including phenoxy) is 1. The Kier molecular flexibility index (Phi) is 18.5. The van der Waals surface area contributed by atoms with E-state index in [0.717, 1.165) is 42.5 Å². The monoisotopic (exact) mass is 635 g/mol. The van der Waals surface area contributed by atoms with Gasteiger partial charge in [0.05, 0.1) is 41.9 Å². The van der Waals surface area contributed by atoms with Crippen LogP contribution in [0, 0.1) is 0 Å². The van der Waals surface area contributed by atoms with Crippen molar-refractivity contribution in [1.29, 1.82) is 0 Å². The number of piperazine rings is 1. The summed E-state index contributed by atoms with van der Waals surface area (Å²) in [5, 5.41) is 13.3. The third-order valence-corrected chi connectivity index (χ3v) is 6.82. The number of nitrogens with zero attached hydrogens (tertiary/aromatic N) is 4. The number of rotatable bonds is 8. The average Bonchev–Trinajstić information content (AvgIpc) is 3.39. The summed E-state index contributed by atoms with van der Waals surface area (Å²) in [6.07, 6.45) is 2.24. The molecule has 0 aliphatic carbocycles. The number of methoxy groups -OCH3 is 1. The molecular weight excluding hydrogens is 582 g/mol. The van der Waals surface area contributed by atoms with E-state index < -0.39 is 23.8 Å². The minimum absolute atomic E-state index is 0.0668. The van der Waals surface area contributed by atoms with Gasteiger partial charge in [-0.15, -0.1) is 0 Å². The van der Waals surface area contributed by atoms with Crippen molar-refractivity contribution >= 4 is 29.1 Å². The highest BCUT2D eigenvalue weighted by Gasteiger charge is 2.37. The summed E-state index contributed by atoms with van der Waals surface area (Å²) in [4.78, 5) is 47.9. The number of fused-ring (bicyclic) bond motifs is 1. The molecular formula is C36H53N5O5. The summed E-state index contributed by atoms with van der Waals surface area (Å²) < 4.78 is 5.47. The van der Waals surface area contributed by atoms with E-state index in [2.05, 4.69) is 20.1 Å². The minimum Gasteiger partial charge on any atom is -0.495 e. The SMILES string of the molecule is CC.CC.CC.CC.COc1ccccc1N1CCN(CC(O)CNC(=O)c2ccc3c(c2)C(=O)N(c2cccnc2)C3=O)CC1. The average molecular weight is 636 g/mol. The number of carbonyl (C=O) groups is 3. The smallest absolute Gasteiger partial charge is 0.266 e. The molecule has 2 aliphatic heterocycles. The molecule has 1 unspecified atom stereocenters. The molecule has 252 valence electrons. The van der Waals surface area contributed by atoms with Crippen LogP contribution in [-0.4, -0.2) is 85.2 Å². The molecule has 1 atom stereocenters. The summed E-state index contributed by atoms with van der Waals surface area (Å²) in [5.41, 5.74) is 2.08. The van der Waals surface area contributed by atoms with Gasteiger partial charge in [0.1, 0.15) is 5.75 Å². The van der Waals surface area contributed by atoms with Crippen molar-refractivity contribution in [3.05, 3.63) is 83.7 Å². The highest BCUT2D eigenvalue weighted by atomic mass is 16.5. The van der Waals surface area contributed by atoms with Gasteiger partial charge in [-0.2, -0.15) is 0 Å². The van der Waals surface area contributed by atoms with E-state index in [1.165, 1.54) is 24.4 Å². The first-order chi connectivity index (χ1) is 22.5. The number of aliphatic hydroxyl groups excluding tert-OH is 1. The Balaban J connectivity index is 0.00000123. The van der Waals surface area contributed by atoms with Crippen LogP contribution in [0.25, 0.3) is 0 Å². The number of para-hydroxylation sites is 2. The molecule has 5 rings (SSSR count). The Bertz CT molecular complexity index is 1340. The molecule has 0 radical (unpaired) electrons. The Morgan fingerprint density at radius 2 is 1.50 bits per heavy atom. The predicted octanol–water partition coefficient (Wildman–Crippen LogP) is 5.91. The standard InChI is InChI=1S/C28H29N5O5.4C2H6/c1-38-25-7-3-2-6-24(25)32-13-11-31(12-14-32)18-21(34)17-30-26(35)19-8-9-22-23(15-19)28(37)33(27(22)36)20-5-4-10-29-16-20;4*1-2/h2-10,15-16,21,34H,11-14,17-18H2,1H3,(H,30,35);4*1-2H3. The molecule has 3 aromatic rings. The topological polar surface area (TPSA) is 115 Å². The molecule has 2 aromatic carbocycles. The quantitative estimate of drug-likeness (QED) is 0.294. The number of amides is 3. The molecule has 0 spiro atoms. The highest BCUT2D eigenvalue weighted by Crippen LogP contribution is 2.29. The fourth-order valence-corrected chi connectivity index (χ4v) is 4.84. The fraction of sp³-hybridized carbons (Fsp3) is 0.444. The number of nitrogens with one attached hydrogen (secondary N) is 1. The molecule has 0 bridgehead atoms. The van der Waals surface area contributed by atoms with E-state index in [1.54, 1.807) is 25.4 Å². The molecule has 1 saturated heterocycles. The third kappa shape index (κ3) is 10.1. The number of benzene rings is 2. The number of aromatic nitrogens is 1. The Labute approximate surface area is 275 Å². The van der Waals surface area contributed by atoms with Crippen LogP contribution in [0.2, 0.25) is 0 Å². The lowest BCUT2D eigenvalue weighted by molar-refractivity contribution is 0.0851. The van der Waals surface area contributed by atoms with Crippen LogP contribution < -0.4 is 19.9 Å². The first kappa shape index (κ1) is 39.7. The number of hydrogen-bond acceptors (Lipinski definition) is 8. The van der Waals surface area contributed by atoms with Gasteiger partial charge in [-0.1, -0.05) is 67.5 Å².